The Bertz CT molecular complexity index is 447. The zero-order chi connectivity index (χ0) is 10.3. The molecule has 4 heteroatoms. The van der Waals surface area contributed by atoms with Gasteiger partial charge in [0, 0.05) is 5.56 Å². The molecule has 0 amide bonds. The third-order valence-electron chi connectivity index (χ3n) is 2.25. The lowest BCUT2D eigenvalue weighted by Gasteiger charge is -2.01. The number of aliphatic carboxylic acids is 1. The van der Waals surface area contributed by atoms with Crippen LogP contribution in [0.3, 0.4) is 0 Å². The Balaban J connectivity index is 2.64. The monoisotopic (exact) mass is 190 g/mol. The van der Waals surface area contributed by atoms with Gasteiger partial charge in [0.25, 0.3) is 0 Å². The van der Waals surface area contributed by atoms with E-state index in [-0.39, 0.29) is 5.56 Å². The van der Waals surface area contributed by atoms with E-state index in [0.29, 0.717) is 5.56 Å². The van der Waals surface area contributed by atoms with Gasteiger partial charge in [0.05, 0.1) is 0 Å². The van der Waals surface area contributed by atoms with Crippen molar-refractivity contribution in [1.82, 2.24) is 0 Å². The Morgan fingerprint density at radius 2 is 1.86 bits per heavy atom. The molecule has 1 N–H and O–H groups in total. The van der Waals surface area contributed by atoms with Crippen molar-refractivity contribution in [3.8, 4) is 0 Å². The number of hydrogen-bond donors (Lipinski definition) is 1. The van der Waals surface area contributed by atoms with E-state index in [1.165, 1.54) is 12.1 Å². The second kappa shape index (κ2) is 2.77. The number of fused-ring (bicyclic) bond motifs is 1. The van der Waals surface area contributed by atoms with Crippen molar-refractivity contribution in [2.45, 2.75) is 5.92 Å². The van der Waals surface area contributed by atoms with Crippen LogP contribution in [-0.2, 0) is 9.59 Å². The van der Waals surface area contributed by atoms with Crippen LogP contribution in [0.15, 0.2) is 24.3 Å². The quantitative estimate of drug-likeness (QED) is 0.520. The first kappa shape index (κ1) is 8.62. The third kappa shape index (κ3) is 0.970. The van der Waals surface area contributed by atoms with Crippen LogP contribution in [0.4, 0.5) is 0 Å². The molecule has 0 heterocycles. The SMILES string of the molecule is O=C1C(=O)C(C(=O)O)c2ccccc21. The predicted octanol–water partition coefficient (Wildman–Crippen LogP) is 0.620. The van der Waals surface area contributed by atoms with Gasteiger partial charge in [-0.1, -0.05) is 24.3 Å². The lowest BCUT2D eigenvalue weighted by Crippen LogP contribution is -2.19. The average Bonchev–Trinajstić information content (AvgIpc) is 2.41. The highest BCUT2D eigenvalue weighted by Gasteiger charge is 2.42. The lowest BCUT2D eigenvalue weighted by molar-refractivity contribution is -0.141. The van der Waals surface area contributed by atoms with Crippen molar-refractivity contribution >= 4 is 17.5 Å². The van der Waals surface area contributed by atoms with Crippen LogP contribution < -0.4 is 0 Å². The Kier molecular flexibility index (Phi) is 1.70. The van der Waals surface area contributed by atoms with Crippen molar-refractivity contribution < 1.29 is 19.5 Å². The van der Waals surface area contributed by atoms with Crippen molar-refractivity contribution in [1.29, 1.82) is 0 Å². The number of hydrogen-bond acceptors (Lipinski definition) is 3. The van der Waals surface area contributed by atoms with Gasteiger partial charge in [0.15, 0.2) is 0 Å². The zero-order valence-electron chi connectivity index (χ0n) is 7.06. The molecule has 2 rings (SSSR count). The topological polar surface area (TPSA) is 71.4 Å². The summed E-state index contributed by atoms with van der Waals surface area (Å²) in [6.07, 6.45) is 0. The van der Waals surface area contributed by atoms with Crippen LogP contribution in [0, 0.1) is 0 Å². The molecule has 0 aromatic heterocycles. The summed E-state index contributed by atoms with van der Waals surface area (Å²) in [4.78, 5) is 33.3. The number of ketones is 2. The van der Waals surface area contributed by atoms with E-state index < -0.39 is 23.5 Å². The highest BCUT2D eigenvalue weighted by atomic mass is 16.4. The molecule has 0 saturated heterocycles. The maximum absolute atomic E-state index is 11.3. The van der Waals surface area contributed by atoms with E-state index in [1.54, 1.807) is 12.1 Å². The molecule has 0 bridgehead atoms. The highest BCUT2D eigenvalue weighted by Crippen LogP contribution is 2.29. The first-order valence-corrected chi connectivity index (χ1v) is 4.03. The van der Waals surface area contributed by atoms with Crippen LogP contribution >= 0.6 is 0 Å². The fraction of sp³-hybridized carbons (Fsp3) is 0.100. The predicted molar refractivity (Wildman–Crippen MR) is 46.2 cm³/mol. The Labute approximate surface area is 79.2 Å². The van der Waals surface area contributed by atoms with Gasteiger partial charge < -0.3 is 5.11 Å². The van der Waals surface area contributed by atoms with Crippen molar-refractivity contribution in [2.24, 2.45) is 0 Å². The van der Waals surface area contributed by atoms with E-state index in [4.69, 9.17) is 5.11 Å². The van der Waals surface area contributed by atoms with Gasteiger partial charge in [0.1, 0.15) is 5.92 Å². The normalized spacial score (nSPS) is 19.6. The van der Waals surface area contributed by atoms with E-state index in [2.05, 4.69) is 0 Å². The number of carbonyl (C=O) groups is 3. The van der Waals surface area contributed by atoms with Crippen molar-refractivity contribution in [3.63, 3.8) is 0 Å². The molecule has 70 valence electrons. The summed E-state index contributed by atoms with van der Waals surface area (Å²) >= 11 is 0. The first-order valence-electron chi connectivity index (χ1n) is 4.03. The van der Waals surface area contributed by atoms with Crippen LogP contribution in [0.25, 0.3) is 0 Å². The second-order valence-electron chi connectivity index (χ2n) is 3.05. The van der Waals surface area contributed by atoms with Crippen LogP contribution in [0.2, 0.25) is 0 Å². The smallest absolute Gasteiger partial charge is 0.319 e. The molecule has 0 aliphatic heterocycles. The number of carboxylic acid groups (broad SMARTS) is 1. The van der Waals surface area contributed by atoms with Gasteiger partial charge in [0.2, 0.25) is 11.6 Å². The molecule has 0 spiro atoms. The van der Waals surface area contributed by atoms with E-state index in [9.17, 15) is 14.4 Å². The summed E-state index contributed by atoms with van der Waals surface area (Å²) in [7, 11) is 0. The fourth-order valence-corrected chi connectivity index (χ4v) is 1.61. The second-order valence-corrected chi connectivity index (χ2v) is 3.05. The van der Waals surface area contributed by atoms with E-state index in [0.717, 1.165) is 0 Å². The van der Waals surface area contributed by atoms with Gasteiger partial charge in [-0.05, 0) is 5.56 Å². The Morgan fingerprint density at radius 3 is 2.50 bits per heavy atom. The summed E-state index contributed by atoms with van der Waals surface area (Å²) in [5, 5.41) is 8.78. The molecule has 1 aliphatic rings. The maximum atomic E-state index is 11.3. The molecule has 1 aromatic carbocycles. The lowest BCUT2D eigenvalue weighted by atomic mass is 10.0. The van der Waals surface area contributed by atoms with Crippen molar-refractivity contribution in [2.75, 3.05) is 0 Å². The summed E-state index contributed by atoms with van der Waals surface area (Å²) in [6, 6.07) is 6.18. The molecule has 1 unspecified atom stereocenters. The van der Waals surface area contributed by atoms with E-state index in [1.807, 2.05) is 0 Å². The number of rotatable bonds is 1. The molecular weight excluding hydrogens is 184 g/mol. The van der Waals surface area contributed by atoms with Gasteiger partial charge in [-0.25, -0.2) is 0 Å². The minimum Gasteiger partial charge on any atom is -0.480 e. The number of carbonyl (C=O) groups excluding carboxylic acids is 2. The number of Topliss-reactive ketones (excluding diaryl/α,β-unsaturated/α-hetero) is 2. The standard InChI is InChI=1S/C10H6O4/c11-8-6-4-2-1-3-5(6)7(9(8)12)10(13)14/h1-4,7H,(H,13,14). The molecule has 4 nitrogen and oxygen atoms in total. The minimum atomic E-state index is -1.31. The molecule has 1 aromatic rings. The van der Waals surface area contributed by atoms with Gasteiger partial charge in [-0.3, -0.25) is 14.4 Å². The van der Waals surface area contributed by atoms with Gasteiger partial charge >= 0.3 is 5.97 Å². The number of carboxylic acids is 1. The number of benzene rings is 1. The molecule has 0 fully saturated rings. The highest BCUT2D eigenvalue weighted by molar-refractivity contribution is 6.51. The van der Waals surface area contributed by atoms with E-state index >= 15 is 0 Å². The Hall–Kier alpha value is -1.97. The molecule has 0 radical (unpaired) electrons. The summed E-state index contributed by atoms with van der Waals surface area (Å²) in [6.45, 7) is 0. The van der Waals surface area contributed by atoms with Crippen molar-refractivity contribution in [3.05, 3.63) is 35.4 Å². The summed E-state index contributed by atoms with van der Waals surface area (Å²) < 4.78 is 0. The van der Waals surface area contributed by atoms with Gasteiger partial charge in [-0.15, -0.1) is 0 Å². The molecular formula is C10H6O4. The van der Waals surface area contributed by atoms with Crippen LogP contribution in [0.5, 0.6) is 0 Å². The summed E-state index contributed by atoms with van der Waals surface area (Å²) in [5.74, 6) is -4.13. The molecule has 0 saturated carbocycles. The van der Waals surface area contributed by atoms with Crippen LogP contribution in [-0.4, -0.2) is 22.6 Å². The largest absolute Gasteiger partial charge is 0.480 e. The van der Waals surface area contributed by atoms with Gasteiger partial charge in [-0.2, -0.15) is 0 Å². The Morgan fingerprint density at radius 1 is 1.21 bits per heavy atom. The third-order valence-corrected chi connectivity index (χ3v) is 2.25. The summed E-state index contributed by atoms with van der Waals surface area (Å²) in [5.41, 5.74) is 0.514. The maximum Gasteiger partial charge on any atom is 0.319 e. The molecule has 14 heavy (non-hydrogen) atoms. The molecule has 1 atom stereocenters. The zero-order valence-corrected chi connectivity index (χ0v) is 7.06. The van der Waals surface area contributed by atoms with Crippen LogP contribution in [0.1, 0.15) is 21.8 Å². The first-order chi connectivity index (χ1) is 6.63. The fourth-order valence-electron chi connectivity index (χ4n) is 1.61. The average molecular weight is 190 g/mol. The molecule has 1 aliphatic carbocycles. The minimum absolute atomic E-state index is 0.213.